The number of rotatable bonds is 5. The molecule has 0 radical (unpaired) electrons. The van der Waals surface area contributed by atoms with Crippen LogP contribution in [0.25, 0.3) is 0 Å². The van der Waals surface area contributed by atoms with Crippen molar-refractivity contribution in [2.75, 3.05) is 13.2 Å². The summed E-state index contributed by atoms with van der Waals surface area (Å²) in [5, 5.41) is 16.6. The highest BCUT2D eigenvalue weighted by molar-refractivity contribution is 7.45. The van der Waals surface area contributed by atoms with Crippen molar-refractivity contribution in [3.05, 3.63) is 0 Å². The van der Waals surface area contributed by atoms with E-state index in [1.807, 2.05) is 0 Å². The molecule has 12 heteroatoms. The van der Waals surface area contributed by atoms with E-state index in [9.17, 15) is 0 Å². The van der Waals surface area contributed by atoms with Gasteiger partial charge in [-0.25, -0.2) is 9.13 Å². The van der Waals surface area contributed by atoms with Gasteiger partial charge >= 0.3 is 15.6 Å². The first-order valence-electron chi connectivity index (χ1n) is 4.70. The molecule has 0 aromatic heterocycles. The smallest absolute Gasteiger partial charge is 0.396 e. The van der Waals surface area contributed by atoms with E-state index < -0.39 is 15.6 Å². The van der Waals surface area contributed by atoms with Crippen molar-refractivity contribution < 1.29 is 48.7 Å². The second-order valence-electron chi connectivity index (χ2n) is 2.89. The number of aliphatic hydroxyl groups is 2. The first-order chi connectivity index (χ1) is 7.91. The van der Waals surface area contributed by atoms with Gasteiger partial charge in [0.05, 0.1) is 0 Å². The summed E-state index contributed by atoms with van der Waals surface area (Å²) in [7, 11) is -9.28. The van der Waals surface area contributed by atoms with Crippen molar-refractivity contribution in [1.82, 2.24) is 0 Å². The molecule has 0 heterocycles. The van der Waals surface area contributed by atoms with Crippen LogP contribution in [0.15, 0.2) is 0 Å². The van der Waals surface area contributed by atoms with Gasteiger partial charge in [0, 0.05) is 13.2 Å². The minimum atomic E-state index is -4.64. The number of unbranched alkanes of at least 4 members (excludes halogenated alkanes) is 3. The lowest BCUT2D eigenvalue weighted by atomic mass is 10.2. The second kappa shape index (κ2) is 13.6. The van der Waals surface area contributed by atoms with Crippen molar-refractivity contribution in [2.24, 2.45) is 0 Å². The lowest BCUT2D eigenvalue weighted by molar-refractivity contribution is 0.265. The van der Waals surface area contributed by atoms with Crippen LogP contribution in [0.2, 0.25) is 0 Å². The predicted octanol–water partition coefficient (Wildman–Crippen LogP) is -1.33. The molecule has 114 valence electrons. The normalized spacial score (nSPS) is 10.9. The van der Waals surface area contributed by atoms with Gasteiger partial charge in [0.15, 0.2) is 0 Å². The molecule has 0 atom stereocenters. The molecule has 10 nitrogen and oxygen atoms in total. The molecular formula is C6H20O10P2. The average molecular weight is 314 g/mol. The van der Waals surface area contributed by atoms with E-state index >= 15 is 0 Å². The molecule has 0 fully saturated rings. The van der Waals surface area contributed by atoms with Crippen LogP contribution < -0.4 is 0 Å². The number of phosphoric acid groups is 2. The maximum Gasteiger partial charge on any atom is 0.466 e. The van der Waals surface area contributed by atoms with Crippen LogP contribution in [0.4, 0.5) is 0 Å². The van der Waals surface area contributed by atoms with Crippen molar-refractivity contribution >= 4 is 15.6 Å². The Balaban J connectivity index is -0.000000197. The molecule has 0 aliphatic heterocycles. The summed E-state index contributed by atoms with van der Waals surface area (Å²) in [6.45, 7) is 0.566. The zero-order chi connectivity index (χ0) is 15.2. The van der Waals surface area contributed by atoms with E-state index in [0.29, 0.717) is 0 Å². The molecule has 0 aromatic carbocycles. The Kier molecular flexibility index (Phi) is 17.5. The zero-order valence-electron chi connectivity index (χ0n) is 9.53. The Labute approximate surface area is 104 Å². The summed E-state index contributed by atoms with van der Waals surface area (Å²) in [5.41, 5.74) is 0. The maximum absolute atomic E-state index is 8.88. The molecule has 0 aromatic rings. The van der Waals surface area contributed by atoms with Gasteiger partial charge in [0.1, 0.15) is 0 Å². The summed E-state index contributed by atoms with van der Waals surface area (Å²) >= 11 is 0. The Bertz CT molecular complexity index is 202. The van der Waals surface area contributed by atoms with E-state index in [0.717, 1.165) is 25.7 Å². The van der Waals surface area contributed by atoms with Crippen molar-refractivity contribution in [1.29, 1.82) is 0 Å². The fourth-order valence-corrected chi connectivity index (χ4v) is 0.577. The number of hydrogen-bond acceptors (Lipinski definition) is 4. The van der Waals surface area contributed by atoms with Gasteiger partial charge in [-0.3, -0.25) is 0 Å². The fraction of sp³-hybridized carbons (Fsp3) is 1.00. The number of aliphatic hydroxyl groups excluding tert-OH is 2. The summed E-state index contributed by atoms with van der Waals surface area (Å²) in [6, 6.07) is 0. The average Bonchev–Trinajstić information content (AvgIpc) is 2.07. The molecule has 0 rings (SSSR count). The van der Waals surface area contributed by atoms with Crippen LogP contribution in [0.1, 0.15) is 25.7 Å². The van der Waals surface area contributed by atoms with E-state index in [1.54, 1.807) is 0 Å². The largest absolute Gasteiger partial charge is 0.466 e. The third-order valence-corrected chi connectivity index (χ3v) is 1.07. The standard InChI is InChI=1S/C6H14O2.2H3O4P/c7-5-3-1-2-4-6-8;2*1-5(2,3)4/h7-8H,1-6H2;2*(H3,1,2,3,4). The SMILES string of the molecule is O=P(O)(O)O.O=P(O)(O)O.OCCCCCCO. The highest BCUT2D eigenvalue weighted by Crippen LogP contribution is 2.26. The zero-order valence-corrected chi connectivity index (χ0v) is 11.3. The molecule has 0 aliphatic carbocycles. The summed E-state index contributed by atoms with van der Waals surface area (Å²) in [4.78, 5) is 43.1. The monoisotopic (exact) mass is 314 g/mol. The molecule has 0 unspecified atom stereocenters. The summed E-state index contributed by atoms with van der Waals surface area (Å²) in [6.07, 6.45) is 3.83. The molecule has 8 N–H and O–H groups in total. The van der Waals surface area contributed by atoms with Crippen molar-refractivity contribution in [3.8, 4) is 0 Å². The summed E-state index contributed by atoms with van der Waals surface area (Å²) in [5.74, 6) is 0. The first kappa shape index (κ1) is 23.2. The van der Waals surface area contributed by atoms with Gasteiger partial charge in [-0.15, -0.1) is 0 Å². The van der Waals surface area contributed by atoms with Crippen molar-refractivity contribution in [3.63, 3.8) is 0 Å². The van der Waals surface area contributed by atoms with Crippen LogP contribution in [-0.2, 0) is 9.13 Å². The molecule has 0 spiro atoms. The van der Waals surface area contributed by atoms with E-state index in [4.69, 9.17) is 48.7 Å². The van der Waals surface area contributed by atoms with E-state index in [2.05, 4.69) is 0 Å². The predicted molar refractivity (Wildman–Crippen MR) is 61.2 cm³/mol. The van der Waals surface area contributed by atoms with Crippen molar-refractivity contribution in [2.45, 2.75) is 25.7 Å². The Hall–Kier alpha value is 0.140. The Morgan fingerprint density at radius 1 is 0.556 bits per heavy atom. The topological polar surface area (TPSA) is 196 Å². The molecule has 0 aliphatic rings. The van der Waals surface area contributed by atoms with Gasteiger partial charge in [0.2, 0.25) is 0 Å². The van der Waals surface area contributed by atoms with Gasteiger partial charge in [-0.2, -0.15) is 0 Å². The van der Waals surface area contributed by atoms with Crippen LogP contribution >= 0.6 is 15.6 Å². The Morgan fingerprint density at radius 2 is 0.722 bits per heavy atom. The Morgan fingerprint density at radius 3 is 0.833 bits per heavy atom. The molecule has 0 bridgehead atoms. The van der Waals surface area contributed by atoms with Crippen LogP contribution in [0.3, 0.4) is 0 Å². The van der Waals surface area contributed by atoms with Gasteiger partial charge < -0.3 is 39.6 Å². The van der Waals surface area contributed by atoms with Crippen LogP contribution in [0.5, 0.6) is 0 Å². The molecule has 0 amide bonds. The van der Waals surface area contributed by atoms with Crippen LogP contribution in [-0.4, -0.2) is 52.8 Å². The summed E-state index contributed by atoms with van der Waals surface area (Å²) < 4.78 is 17.8. The minimum Gasteiger partial charge on any atom is -0.396 e. The maximum atomic E-state index is 8.88. The van der Waals surface area contributed by atoms with Gasteiger partial charge in [0.25, 0.3) is 0 Å². The molecule has 0 saturated heterocycles. The third kappa shape index (κ3) is 140. The van der Waals surface area contributed by atoms with Crippen LogP contribution in [0, 0.1) is 0 Å². The highest BCUT2D eigenvalue weighted by atomic mass is 31.2. The highest BCUT2D eigenvalue weighted by Gasteiger charge is 2.00. The lowest BCUT2D eigenvalue weighted by Gasteiger charge is -1.93. The molecule has 18 heavy (non-hydrogen) atoms. The number of hydrogen-bond donors (Lipinski definition) is 8. The van der Waals surface area contributed by atoms with Gasteiger partial charge in [-0.05, 0) is 12.8 Å². The minimum absolute atomic E-state index is 0.283. The third-order valence-electron chi connectivity index (χ3n) is 1.07. The van der Waals surface area contributed by atoms with E-state index in [1.165, 1.54) is 0 Å². The fourth-order valence-electron chi connectivity index (χ4n) is 0.577. The second-order valence-corrected chi connectivity index (χ2v) is 4.94. The lowest BCUT2D eigenvalue weighted by Crippen LogP contribution is -1.85. The quantitative estimate of drug-likeness (QED) is 0.222. The molecule has 0 saturated carbocycles. The molecular weight excluding hydrogens is 294 g/mol. The van der Waals surface area contributed by atoms with E-state index in [-0.39, 0.29) is 13.2 Å². The first-order valence-corrected chi connectivity index (χ1v) is 7.83. The van der Waals surface area contributed by atoms with Gasteiger partial charge in [-0.1, -0.05) is 12.8 Å².